The van der Waals surface area contributed by atoms with Crippen molar-refractivity contribution in [1.29, 1.82) is 0 Å². The molecule has 0 aliphatic rings. The Balaban J connectivity index is 1.78. The molecule has 0 aliphatic heterocycles. The van der Waals surface area contributed by atoms with E-state index in [1.807, 2.05) is 36.4 Å². The average molecular weight is 385 g/mol. The molecule has 6 heteroatoms. The van der Waals surface area contributed by atoms with Gasteiger partial charge < -0.3 is 14.8 Å². The maximum atomic E-state index is 13.2. The van der Waals surface area contributed by atoms with Crippen LogP contribution < -0.4 is 14.8 Å². The number of nitrogens with zero attached hydrogens (tertiary/aromatic N) is 2. The van der Waals surface area contributed by atoms with Gasteiger partial charge in [-0.1, -0.05) is 18.2 Å². The molecule has 0 saturated carbocycles. The maximum Gasteiger partial charge on any atom is 0.256 e. The molecule has 6 nitrogen and oxygen atoms in total. The predicted octanol–water partition coefficient (Wildman–Crippen LogP) is 4.57. The number of hydrogen-bond donors (Lipinski definition) is 1. The number of anilines is 1. The van der Waals surface area contributed by atoms with Gasteiger partial charge in [-0.15, -0.1) is 0 Å². The monoisotopic (exact) mass is 385 g/mol. The van der Waals surface area contributed by atoms with Crippen molar-refractivity contribution in [3.63, 3.8) is 0 Å². The van der Waals surface area contributed by atoms with Crippen LogP contribution in [0, 0.1) is 0 Å². The van der Waals surface area contributed by atoms with Gasteiger partial charge in [-0.25, -0.2) is 4.98 Å². The molecule has 2 aromatic carbocycles. The van der Waals surface area contributed by atoms with E-state index in [-0.39, 0.29) is 5.91 Å². The summed E-state index contributed by atoms with van der Waals surface area (Å²) in [5.41, 5.74) is 3.34. The van der Waals surface area contributed by atoms with Crippen molar-refractivity contribution in [3.8, 4) is 22.8 Å². The smallest absolute Gasteiger partial charge is 0.256 e. The SMILES string of the molecule is COc1ccc(NC(=O)c2cc(-c3cccnc3)nc3ccccc23)c(OC)c1. The summed E-state index contributed by atoms with van der Waals surface area (Å²) in [7, 11) is 3.13. The summed E-state index contributed by atoms with van der Waals surface area (Å²) in [5.74, 6) is 0.911. The van der Waals surface area contributed by atoms with Gasteiger partial charge >= 0.3 is 0 Å². The number of aromatic nitrogens is 2. The molecule has 1 amide bonds. The molecular formula is C23H19N3O3. The largest absolute Gasteiger partial charge is 0.497 e. The second-order valence-electron chi connectivity index (χ2n) is 6.33. The van der Waals surface area contributed by atoms with E-state index in [0.717, 1.165) is 16.5 Å². The zero-order valence-corrected chi connectivity index (χ0v) is 16.0. The van der Waals surface area contributed by atoms with E-state index in [1.54, 1.807) is 50.9 Å². The van der Waals surface area contributed by atoms with Crippen LogP contribution in [0.3, 0.4) is 0 Å². The fourth-order valence-electron chi connectivity index (χ4n) is 3.12. The molecule has 2 aromatic heterocycles. The zero-order valence-electron chi connectivity index (χ0n) is 16.0. The molecule has 0 spiro atoms. The number of amides is 1. The second kappa shape index (κ2) is 7.98. The molecule has 144 valence electrons. The third-order valence-electron chi connectivity index (χ3n) is 4.58. The lowest BCUT2D eigenvalue weighted by Gasteiger charge is -2.13. The summed E-state index contributed by atoms with van der Waals surface area (Å²) in [6.45, 7) is 0. The summed E-state index contributed by atoms with van der Waals surface area (Å²) in [6.07, 6.45) is 3.43. The number of fused-ring (bicyclic) bond motifs is 1. The van der Waals surface area contributed by atoms with Gasteiger partial charge in [-0.2, -0.15) is 0 Å². The summed E-state index contributed by atoms with van der Waals surface area (Å²) in [6, 6.07) is 18.3. The summed E-state index contributed by atoms with van der Waals surface area (Å²) >= 11 is 0. The first kappa shape index (κ1) is 18.4. The van der Waals surface area contributed by atoms with Gasteiger partial charge in [0.15, 0.2) is 0 Å². The van der Waals surface area contributed by atoms with Crippen LogP contribution in [0.1, 0.15) is 10.4 Å². The molecule has 1 N–H and O–H groups in total. The number of pyridine rings is 2. The number of benzene rings is 2. The fourth-order valence-corrected chi connectivity index (χ4v) is 3.12. The van der Waals surface area contributed by atoms with Crippen molar-refractivity contribution in [3.05, 3.63) is 78.6 Å². The molecule has 29 heavy (non-hydrogen) atoms. The molecule has 0 bridgehead atoms. The van der Waals surface area contributed by atoms with Crippen LogP contribution in [0.2, 0.25) is 0 Å². The standard InChI is InChI=1S/C23H19N3O3/c1-28-16-9-10-20(22(12-16)29-2)26-23(27)18-13-21(15-6-5-11-24-14-15)25-19-8-4-3-7-17(18)19/h3-14H,1-2H3,(H,26,27). The van der Waals surface area contributed by atoms with Crippen LogP contribution in [0.4, 0.5) is 5.69 Å². The summed E-state index contributed by atoms with van der Waals surface area (Å²) in [5, 5.41) is 3.71. The lowest BCUT2D eigenvalue weighted by atomic mass is 10.0. The van der Waals surface area contributed by atoms with Crippen LogP contribution in [0.5, 0.6) is 11.5 Å². The van der Waals surface area contributed by atoms with Crippen molar-refractivity contribution < 1.29 is 14.3 Å². The summed E-state index contributed by atoms with van der Waals surface area (Å²) < 4.78 is 10.6. The number of ether oxygens (including phenoxy) is 2. The van der Waals surface area contributed by atoms with Crippen LogP contribution in [0.15, 0.2) is 73.1 Å². The molecule has 4 rings (SSSR count). The zero-order chi connectivity index (χ0) is 20.2. The predicted molar refractivity (Wildman–Crippen MR) is 112 cm³/mol. The van der Waals surface area contributed by atoms with Crippen molar-refractivity contribution in [2.45, 2.75) is 0 Å². The highest BCUT2D eigenvalue weighted by molar-refractivity contribution is 6.13. The van der Waals surface area contributed by atoms with Gasteiger partial charge in [0.05, 0.1) is 36.7 Å². The fraction of sp³-hybridized carbons (Fsp3) is 0.0870. The van der Waals surface area contributed by atoms with E-state index in [4.69, 9.17) is 14.5 Å². The van der Waals surface area contributed by atoms with Gasteiger partial charge in [0, 0.05) is 29.4 Å². The lowest BCUT2D eigenvalue weighted by Crippen LogP contribution is -2.14. The number of methoxy groups -OCH3 is 2. The minimum Gasteiger partial charge on any atom is -0.497 e. The quantitative estimate of drug-likeness (QED) is 0.545. The number of hydrogen-bond acceptors (Lipinski definition) is 5. The number of rotatable bonds is 5. The minimum absolute atomic E-state index is 0.253. The van der Waals surface area contributed by atoms with E-state index < -0.39 is 0 Å². The maximum absolute atomic E-state index is 13.2. The first-order valence-electron chi connectivity index (χ1n) is 9.03. The van der Waals surface area contributed by atoms with E-state index in [9.17, 15) is 4.79 Å². The first-order chi connectivity index (χ1) is 14.2. The number of carbonyl (C=O) groups excluding carboxylic acids is 1. The lowest BCUT2D eigenvalue weighted by molar-refractivity contribution is 0.102. The number of carbonyl (C=O) groups is 1. The average Bonchev–Trinajstić information content (AvgIpc) is 2.79. The Hall–Kier alpha value is -3.93. The van der Waals surface area contributed by atoms with Gasteiger partial charge in [0.2, 0.25) is 0 Å². The molecule has 0 saturated heterocycles. The Morgan fingerprint density at radius 2 is 1.83 bits per heavy atom. The van der Waals surface area contributed by atoms with E-state index >= 15 is 0 Å². The van der Waals surface area contributed by atoms with E-state index in [2.05, 4.69) is 10.3 Å². The highest BCUT2D eigenvalue weighted by Gasteiger charge is 2.16. The van der Waals surface area contributed by atoms with Gasteiger partial charge in [-0.3, -0.25) is 9.78 Å². The third-order valence-corrected chi connectivity index (χ3v) is 4.58. The van der Waals surface area contributed by atoms with E-state index in [1.165, 1.54) is 0 Å². The molecule has 0 radical (unpaired) electrons. The molecule has 4 aromatic rings. The molecular weight excluding hydrogens is 366 g/mol. The summed E-state index contributed by atoms with van der Waals surface area (Å²) in [4.78, 5) is 22.0. The molecule has 0 atom stereocenters. The molecule has 2 heterocycles. The van der Waals surface area contributed by atoms with Crippen LogP contribution in [-0.2, 0) is 0 Å². The minimum atomic E-state index is -0.253. The van der Waals surface area contributed by atoms with Crippen LogP contribution >= 0.6 is 0 Å². The van der Waals surface area contributed by atoms with Crippen molar-refractivity contribution >= 4 is 22.5 Å². The Labute approximate surface area is 168 Å². The molecule has 0 unspecified atom stereocenters. The molecule has 0 aliphatic carbocycles. The van der Waals surface area contributed by atoms with Crippen LogP contribution in [0.25, 0.3) is 22.2 Å². The number of nitrogens with one attached hydrogen (secondary N) is 1. The second-order valence-corrected chi connectivity index (χ2v) is 6.33. The highest BCUT2D eigenvalue weighted by Crippen LogP contribution is 2.31. The third kappa shape index (κ3) is 3.73. The normalized spacial score (nSPS) is 10.6. The molecule has 0 fully saturated rings. The Morgan fingerprint density at radius 3 is 2.59 bits per heavy atom. The highest BCUT2D eigenvalue weighted by atomic mass is 16.5. The van der Waals surface area contributed by atoms with Crippen molar-refractivity contribution in [2.75, 3.05) is 19.5 Å². The van der Waals surface area contributed by atoms with Gasteiger partial charge in [0.1, 0.15) is 11.5 Å². The topological polar surface area (TPSA) is 73.3 Å². The van der Waals surface area contributed by atoms with E-state index in [0.29, 0.717) is 28.4 Å². The van der Waals surface area contributed by atoms with Crippen molar-refractivity contribution in [1.82, 2.24) is 9.97 Å². The van der Waals surface area contributed by atoms with Gasteiger partial charge in [-0.05, 0) is 36.4 Å². The Bertz CT molecular complexity index is 1180. The van der Waals surface area contributed by atoms with Gasteiger partial charge in [0.25, 0.3) is 5.91 Å². The van der Waals surface area contributed by atoms with Crippen LogP contribution in [-0.4, -0.2) is 30.1 Å². The Kier molecular flexibility index (Phi) is 5.07. The van der Waals surface area contributed by atoms with Crippen molar-refractivity contribution in [2.24, 2.45) is 0 Å². The Morgan fingerprint density at radius 1 is 0.966 bits per heavy atom. The first-order valence-corrected chi connectivity index (χ1v) is 9.03. The number of para-hydroxylation sites is 1.